The van der Waals surface area contributed by atoms with E-state index in [9.17, 15) is 5.26 Å². The van der Waals surface area contributed by atoms with E-state index in [1.54, 1.807) is 18.2 Å². The summed E-state index contributed by atoms with van der Waals surface area (Å²) in [5.74, 6) is 1.04. The summed E-state index contributed by atoms with van der Waals surface area (Å²) in [6.07, 6.45) is 0. The second-order valence-corrected chi connectivity index (χ2v) is 4.76. The van der Waals surface area contributed by atoms with E-state index in [0.717, 1.165) is 16.5 Å². The molecule has 0 aliphatic rings. The fraction of sp³-hybridized carbons (Fsp3) is 0.0588. The SMILES string of the molecule is Cc1cc(Oc2cc(C#N)c3ccccc3n2)ccc1N. The van der Waals surface area contributed by atoms with Crippen molar-refractivity contribution in [2.45, 2.75) is 6.92 Å². The molecular formula is C17H13N3O. The number of rotatable bonds is 2. The van der Waals surface area contributed by atoms with E-state index in [-0.39, 0.29) is 0 Å². The maximum absolute atomic E-state index is 9.26. The lowest BCUT2D eigenvalue weighted by molar-refractivity contribution is 0.464. The standard InChI is InChI=1S/C17H13N3O/c1-11-8-13(6-7-15(11)19)21-17-9-12(10-18)14-4-2-3-5-16(14)20-17/h2-9H,19H2,1H3. The molecule has 1 aromatic heterocycles. The van der Waals surface area contributed by atoms with Crippen LogP contribution in [0.1, 0.15) is 11.1 Å². The van der Waals surface area contributed by atoms with Gasteiger partial charge in [-0.25, -0.2) is 4.98 Å². The van der Waals surface area contributed by atoms with Gasteiger partial charge >= 0.3 is 0 Å². The van der Waals surface area contributed by atoms with Gasteiger partial charge in [0.05, 0.1) is 11.1 Å². The van der Waals surface area contributed by atoms with E-state index in [2.05, 4.69) is 11.1 Å². The number of nitrogens with two attached hydrogens (primary N) is 1. The zero-order valence-corrected chi connectivity index (χ0v) is 11.5. The summed E-state index contributed by atoms with van der Waals surface area (Å²) in [5.41, 5.74) is 8.72. The summed E-state index contributed by atoms with van der Waals surface area (Å²) >= 11 is 0. The van der Waals surface area contributed by atoms with E-state index in [1.165, 1.54) is 0 Å². The Balaban J connectivity index is 2.04. The molecule has 21 heavy (non-hydrogen) atoms. The van der Waals surface area contributed by atoms with Crippen molar-refractivity contribution < 1.29 is 4.74 Å². The normalized spacial score (nSPS) is 10.3. The van der Waals surface area contributed by atoms with Gasteiger partial charge in [-0.15, -0.1) is 0 Å². The van der Waals surface area contributed by atoms with Gasteiger partial charge in [0, 0.05) is 17.1 Å². The first kappa shape index (κ1) is 12.9. The summed E-state index contributed by atoms with van der Waals surface area (Å²) in [6, 6.07) is 16.7. The van der Waals surface area contributed by atoms with Crippen LogP contribution >= 0.6 is 0 Å². The van der Waals surface area contributed by atoms with Gasteiger partial charge in [-0.05, 0) is 36.8 Å². The molecule has 0 saturated carbocycles. The fourth-order valence-electron chi connectivity index (χ4n) is 2.13. The van der Waals surface area contributed by atoms with Crippen LogP contribution in [-0.4, -0.2) is 4.98 Å². The first-order valence-electron chi connectivity index (χ1n) is 6.51. The van der Waals surface area contributed by atoms with Crippen LogP contribution in [0.25, 0.3) is 10.9 Å². The van der Waals surface area contributed by atoms with Gasteiger partial charge in [0.2, 0.25) is 5.88 Å². The van der Waals surface area contributed by atoms with Crippen LogP contribution in [0.3, 0.4) is 0 Å². The molecule has 0 spiro atoms. The van der Waals surface area contributed by atoms with E-state index in [1.807, 2.05) is 37.3 Å². The van der Waals surface area contributed by atoms with E-state index < -0.39 is 0 Å². The molecule has 0 radical (unpaired) electrons. The number of aromatic nitrogens is 1. The summed E-state index contributed by atoms with van der Waals surface area (Å²) in [6.45, 7) is 1.91. The second kappa shape index (κ2) is 5.14. The van der Waals surface area contributed by atoms with Crippen molar-refractivity contribution in [3.05, 3.63) is 59.7 Å². The van der Waals surface area contributed by atoms with Crippen molar-refractivity contribution in [2.75, 3.05) is 5.73 Å². The Morgan fingerprint density at radius 1 is 1.14 bits per heavy atom. The van der Waals surface area contributed by atoms with E-state index in [0.29, 0.717) is 22.9 Å². The van der Waals surface area contributed by atoms with Crippen LogP contribution in [0.2, 0.25) is 0 Å². The predicted molar refractivity (Wildman–Crippen MR) is 82.1 cm³/mol. The van der Waals surface area contributed by atoms with Crippen molar-refractivity contribution in [3.63, 3.8) is 0 Å². The average molecular weight is 275 g/mol. The third kappa shape index (κ3) is 2.49. The van der Waals surface area contributed by atoms with E-state index >= 15 is 0 Å². The van der Waals surface area contributed by atoms with Gasteiger partial charge in [-0.1, -0.05) is 18.2 Å². The third-order valence-corrected chi connectivity index (χ3v) is 3.28. The van der Waals surface area contributed by atoms with Crippen molar-refractivity contribution in [2.24, 2.45) is 0 Å². The minimum absolute atomic E-state index is 0.398. The van der Waals surface area contributed by atoms with Gasteiger partial charge in [-0.2, -0.15) is 5.26 Å². The molecule has 0 aliphatic heterocycles. The lowest BCUT2D eigenvalue weighted by atomic mass is 10.1. The van der Waals surface area contributed by atoms with Gasteiger partial charge in [-0.3, -0.25) is 0 Å². The molecule has 0 amide bonds. The number of hydrogen-bond acceptors (Lipinski definition) is 4. The van der Waals surface area contributed by atoms with Gasteiger partial charge in [0.1, 0.15) is 11.8 Å². The molecule has 0 saturated heterocycles. The van der Waals surface area contributed by atoms with Gasteiger partial charge in [0.25, 0.3) is 0 Å². The topological polar surface area (TPSA) is 71.9 Å². The Hall–Kier alpha value is -3.06. The third-order valence-electron chi connectivity index (χ3n) is 3.28. The molecule has 4 nitrogen and oxygen atoms in total. The number of nitriles is 1. The maximum Gasteiger partial charge on any atom is 0.221 e. The molecule has 2 aromatic carbocycles. The molecule has 2 N–H and O–H groups in total. The number of nitrogen functional groups attached to an aromatic ring is 1. The number of pyridine rings is 1. The predicted octanol–water partition coefficient (Wildman–Crippen LogP) is 3.79. The highest BCUT2D eigenvalue weighted by Gasteiger charge is 2.07. The average Bonchev–Trinajstić information content (AvgIpc) is 2.50. The first-order chi connectivity index (χ1) is 10.2. The highest BCUT2D eigenvalue weighted by atomic mass is 16.5. The molecule has 3 rings (SSSR count). The number of hydrogen-bond donors (Lipinski definition) is 1. The molecule has 0 bridgehead atoms. The number of anilines is 1. The molecule has 0 unspecified atom stereocenters. The smallest absolute Gasteiger partial charge is 0.221 e. The molecule has 0 fully saturated rings. The Morgan fingerprint density at radius 3 is 2.71 bits per heavy atom. The summed E-state index contributed by atoms with van der Waals surface area (Å²) in [7, 11) is 0. The van der Waals surface area contributed by atoms with Crippen LogP contribution in [0, 0.1) is 18.3 Å². The number of fused-ring (bicyclic) bond motifs is 1. The van der Waals surface area contributed by atoms with Crippen LogP contribution in [0.4, 0.5) is 5.69 Å². The lowest BCUT2D eigenvalue weighted by Gasteiger charge is -2.08. The number of benzene rings is 2. The quantitative estimate of drug-likeness (QED) is 0.722. The molecule has 0 aliphatic carbocycles. The van der Waals surface area contributed by atoms with Gasteiger partial charge < -0.3 is 10.5 Å². The van der Waals surface area contributed by atoms with Gasteiger partial charge in [0.15, 0.2) is 0 Å². The molecule has 102 valence electrons. The molecule has 1 heterocycles. The number of para-hydroxylation sites is 1. The first-order valence-corrected chi connectivity index (χ1v) is 6.51. The zero-order valence-electron chi connectivity index (χ0n) is 11.5. The summed E-state index contributed by atoms with van der Waals surface area (Å²) < 4.78 is 5.75. The largest absolute Gasteiger partial charge is 0.439 e. The van der Waals surface area contributed by atoms with Crippen molar-refractivity contribution in [1.29, 1.82) is 5.26 Å². The van der Waals surface area contributed by atoms with Crippen LogP contribution in [0.15, 0.2) is 48.5 Å². The minimum atomic E-state index is 0.398. The van der Waals surface area contributed by atoms with Crippen molar-refractivity contribution in [1.82, 2.24) is 4.98 Å². The van der Waals surface area contributed by atoms with Crippen molar-refractivity contribution in [3.8, 4) is 17.7 Å². The Labute approximate surface area is 122 Å². The lowest BCUT2D eigenvalue weighted by Crippen LogP contribution is -1.93. The number of nitrogens with zero attached hydrogens (tertiary/aromatic N) is 2. The van der Waals surface area contributed by atoms with Crippen LogP contribution < -0.4 is 10.5 Å². The van der Waals surface area contributed by atoms with Crippen LogP contribution in [0.5, 0.6) is 11.6 Å². The minimum Gasteiger partial charge on any atom is -0.439 e. The Bertz CT molecular complexity index is 866. The maximum atomic E-state index is 9.26. The molecule has 4 heteroatoms. The highest BCUT2D eigenvalue weighted by Crippen LogP contribution is 2.27. The number of aryl methyl sites for hydroxylation is 1. The Kier molecular flexibility index (Phi) is 3.17. The highest BCUT2D eigenvalue weighted by molar-refractivity contribution is 5.85. The molecule has 0 atom stereocenters. The Morgan fingerprint density at radius 2 is 1.95 bits per heavy atom. The van der Waals surface area contributed by atoms with E-state index in [4.69, 9.17) is 10.5 Å². The second-order valence-electron chi connectivity index (χ2n) is 4.76. The summed E-state index contributed by atoms with van der Waals surface area (Å²) in [5, 5.41) is 10.1. The number of ether oxygens (including phenoxy) is 1. The van der Waals surface area contributed by atoms with Crippen LogP contribution in [-0.2, 0) is 0 Å². The fourth-order valence-corrected chi connectivity index (χ4v) is 2.13. The molecular weight excluding hydrogens is 262 g/mol. The zero-order chi connectivity index (χ0) is 14.8. The summed E-state index contributed by atoms with van der Waals surface area (Å²) in [4.78, 5) is 4.43. The monoisotopic (exact) mass is 275 g/mol. The molecule has 3 aromatic rings. The van der Waals surface area contributed by atoms with Crippen molar-refractivity contribution >= 4 is 16.6 Å².